The molecule has 0 bridgehead atoms. The van der Waals surface area contributed by atoms with Gasteiger partial charge in [0.25, 0.3) is 0 Å². The van der Waals surface area contributed by atoms with Crippen LogP contribution in [-0.4, -0.2) is 36.6 Å². The Morgan fingerprint density at radius 3 is 1.54 bits per heavy atom. The monoisotopic (exact) mass is 334 g/mol. The van der Waals surface area contributed by atoms with Crippen molar-refractivity contribution in [3.8, 4) is 0 Å². The van der Waals surface area contributed by atoms with Gasteiger partial charge in [-0.3, -0.25) is 0 Å². The molecule has 4 aliphatic rings. The van der Waals surface area contributed by atoms with E-state index in [4.69, 9.17) is 18.6 Å². The van der Waals surface area contributed by atoms with E-state index in [0.717, 1.165) is 6.42 Å². The topological polar surface area (TPSA) is 36.9 Å². The Hall–Kier alpha value is -0.0301. The van der Waals surface area contributed by atoms with E-state index in [1.807, 2.05) is 0 Å². The summed E-state index contributed by atoms with van der Waals surface area (Å²) in [6, 6.07) is 0. The molecule has 4 nitrogen and oxygen atoms in total. The van der Waals surface area contributed by atoms with Gasteiger partial charge in [0, 0.05) is 5.31 Å². The maximum Gasteiger partial charge on any atom is 0.464 e. The lowest BCUT2D eigenvalue weighted by Crippen LogP contribution is -2.60. The predicted molar refractivity (Wildman–Crippen MR) is 95.9 cm³/mol. The first-order valence-corrected chi connectivity index (χ1v) is 9.53. The molecule has 3 unspecified atom stereocenters. The molecule has 2 aliphatic heterocycles. The smallest absolute Gasteiger partial charge is 0.403 e. The van der Waals surface area contributed by atoms with Crippen molar-refractivity contribution in [1.82, 2.24) is 0 Å². The van der Waals surface area contributed by atoms with Crippen LogP contribution in [0.15, 0.2) is 0 Å². The van der Waals surface area contributed by atoms with Crippen LogP contribution in [0.4, 0.5) is 0 Å². The van der Waals surface area contributed by atoms with Gasteiger partial charge in [0.2, 0.25) is 0 Å². The SMILES string of the molecule is CC1(C)OB(C2CC3(B4OC(C)(C)C(C)(C)O4)CCC23)OC1(C)C. The van der Waals surface area contributed by atoms with Gasteiger partial charge in [-0.15, -0.1) is 0 Å². The second kappa shape index (κ2) is 4.62. The van der Waals surface area contributed by atoms with Crippen molar-refractivity contribution in [3.05, 3.63) is 0 Å². The number of rotatable bonds is 2. The molecular weight excluding hydrogens is 302 g/mol. The third kappa shape index (κ3) is 2.03. The van der Waals surface area contributed by atoms with Gasteiger partial charge < -0.3 is 18.6 Å². The largest absolute Gasteiger partial charge is 0.464 e. The van der Waals surface area contributed by atoms with Crippen LogP contribution in [-0.2, 0) is 18.6 Å². The Bertz CT molecular complexity index is 527. The molecule has 0 aromatic rings. The van der Waals surface area contributed by atoms with Gasteiger partial charge in [-0.25, -0.2) is 0 Å². The average molecular weight is 334 g/mol. The fourth-order valence-corrected chi connectivity index (χ4v) is 4.81. The van der Waals surface area contributed by atoms with Gasteiger partial charge in [-0.2, -0.15) is 0 Å². The van der Waals surface area contributed by atoms with Crippen molar-refractivity contribution < 1.29 is 18.6 Å². The van der Waals surface area contributed by atoms with Crippen LogP contribution in [0.5, 0.6) is 0 Å². The molecule has 6 heteroatoms. The van der Waals surface area contributed by atoms with E-state index in [-0.39, 0.29) is 42.0 Å². The lowest BCUT2D eigenvalue weighted by atomic mass is 9.25. The zero-order chi connectivity index (χ0) is 17.8. The molecule has 2 saturated heterocycles. The van der Waals surface area contributed by atoms with Crippen molar-refractivity contribution in [2.75, 3.05) is 0 Å². The van der Waals surface area contributed by atoms with Crippen molar-refractivity contribution in [2.24, 2.45) is 5.92 Å². The molecule has 0 spiro atoms. The first kappa shape index (κ1) is 17.4. The molecule has 0 aromatic carbocycles. The minimum atomic E-state index is -0.248. The molecule has 2 aliphatic carbocycles. The molecule has 4 fully saturated rings. The summed E-state index contributed by atoms with van der Waals surface area (Å²) in [7, 11) is -0.171. The molecule has 0 radical (unpaired) electrons. The average Bonchev–Trinajstić information content (AvgIpc) is 2.72. The van der Waals surface area contributed by atoms with E-state index in [2.05, 4.69) is 55.4 Å². The van der Waals surface area contributed by atoms with E-state index < -0.39 is 0 Å². The maximum atomic E-state index is 6.38. The van der Waals surface area contributed by atoms with Crippen LogP contribution >= 0.6 is 0 Å². The second-order valence-electron chi connectivity index (χ2n) is 10.5. The van der Waals surface area contributed by atoms with Crippen molar-refractivity contribution in [3.63, 3.8) is 0 Å². The molecule has 4 rings (SSSR count). The zero-order valence-electron chi connectivity index (χ0n) is 16.6. The fourth-order valence-electron chi connectivity index (χ4n) is 4.81. The van der Waals surface area contributed by atoms with Gasteiger partial charge >= 0.3 is 14.2 Å². The molecular formula is C18H32B2O4. The number of hydrogen-bond donors (Lipinski definition) is 0. The Morgan fingerprint density at radius 1 is 0.708 bits per heavy atom. The third-order valence-corrected chi connectivity index (χ3v) is 8.14. The van der Waals surface area contributed by atoms with E-state index >= 15 is 0 Å². The first-order chi connectivity index (χ1) is 10.8. The molecule has 2 saturated carbocycles. The second-order valence-corrected chi connectivity index (χ2v) is 10.5. The summed E-state index contributed by atoms with van der Waals surface area (Å²) in [4.78, 5) is 0. The maximum absolute atomic E-state index is 6.38. The number of fused-ring (bicyclic) bond motifs is 1. The molecule has 24 heavy (non-hydrogen) atoms. The summed E-state index contributed by atoms with van der Waals surface area (Å²) < 4.78 is 25.4. The Kier molecular flexibility index (Phi) is 3.35. The minimum absolute atomic E-state index is 0.0834. The van der Waals surface area contributed by atoms with Crippen LogP contribution in [0.2, 0.25) is 11.1 Å². The highest BCUT2D eigenvalue weighted by atomic mass is 16.7. The van der Waals surface area contributed by atoms with E-state index in [0.29, 0.717) is 11.7 Å². The van der Waals surface area contributed by atoms with Crippen LogP contribution in [0.1, 0.15) is 74.7 Å². The van der Waals surface area contributed by atoms with Gasteiger partial charge in [-0.1, -0.05) is 6.42 Å². The highest BCUT2D eigenvalue weighted by molar-refractivity contribution is 6.54. The fraction of sp³-hybridized carbons (Fsp3) is 1.00. The number of hydrogen-bond acceptors (Lipinski definition) is 4. The van der Waals surface area contributed by atoms with Crippen molar-refractivity contribution >= 4 is 14.2 Å². The summed E-state index contributed by atoms with van der Waals surface area (Å²) in [5, 5.41) is 0.180. The molecule has 0 amide bonds. The highest BCUT2D eigenvalue weighted by Gasteiger charge is 2.74. The lowest BCUT2D eigenvalue weighted by molar-refractivity contribution is 0.00578. The summed E-state index contributed by atoms with van der Waals surface area (Å²) in [5.41, 5.74) is -0.988. The Balaban J connectivity index is 1.47. The van der Waals surface area contributed by atoms with Crippen molar-refractivity contribution in [1.29, 1.82) is 0 Å². The summed E-state index contributed by atoms with van der Waals surface area (Å²) >= 11 is 0. The van der Waals surface area contributed by atoms with Gasteiger partial charge in [0.1, 0.15) is 0 Å². The quantitative estimate of drug-likeness (QED) is 0.713. The zero-order valence-corrected chi connectivity index (χ0v) is 16.6. The minimum Gasteiger partial charge on any atom is -0.403 e. The Labute approximate surface area is 147 Å². The summed E-state index contributed by atoms with van der Waals surface area (Å²) in [6.07, 6.45) is 3.52. The molecule has 0 aromatic heterocycles. The normalized spacial score (nSPS) is 44.0. The molecule has 3 atom stereocenters. The summed E-state index contributed by atoms with van der Waals surface area (Å²) in [5.74, 6) is 1.07. The van der Waals surface area contributed by atoms with Crippen LogP contribution in [0.3, 0.4) is 0 Å². The standard InChI is InChI=1S/C18H32B2O4/c1-14(2)15(3,4)22-19(21-14)13-11-18(10-9-12(13)18)20-23-16(5,6)17(7,8)24-20/h12-13H,9-11H2,1-8H3. The Morgan fingerprint density at radius 2 is 1.17 bits per heavy atom. The van der Waals surface area contributed by atoms with Gasteiger partial charge in [-0.05, 0) is 80.0 Å². The molecule has 134 valence electrons. The predicted octanol–water partition coefficient (Wildman–Crippen LogP) is 4.10. The summed E-state index contributed by atoms with van der Waals surface area (Å²) in [6.45, 7) is 17.1. The van der Waals surface area contributed by atoms with Gasteiger partial charge in [0.15, 0.2) is 0 Å². The molecule has 0 N–H and O–H groups in total. The van der Waals surface area contributed by atoms with Crippen LogP contribution in [0.25, 0.3) is 0 Å². The van der Waals surface area contributed by atoms with E-state index in [1.165, 1.54) is 12.8 Å². The van der Waals surface area contributed by atoms with E-state index in [1.54, 1.807) is 0 Å². The van der Waals surface area contributed by atoms with Crippen LogP contribution < -0.4 is 0 Å². The molecule has 2 heterocycles. The van der Waals surface area contributed by atoms with Crippen molar-refractivity contribution in [2.45, 2.75) is 108 Å². The first-order valence-electron chi connectivity index (χ1n) is 9.53. The lowest BCUT2D eigenvalue weighted by Gasteiger charge is -2.64. The van der Waals surface area contributed by atoms with E-state index in [9.17, 15) is 0 Å². The van der Waals surface area contributed by atoms with Gasteiger partial charge in [0.05, 0.1) is 22.4 Å². The highest BCUT2D eigenvalue weighted by Crippen LogP contribution is 2.76. The van der Waals surface area contributed by atoms with Crippen LogP contribution in [0, 0.1) is 5.92 Å². The third-order valence-electron chi connectivity index (χ3n) is 8.14.